The lowest BCUT2D eigenvalue weighted by atomic mass is 10.2. The van der Waals surface area contributed by atoms with Crippen LogP contribution in [0.25, 0.3) is 0 Å². The van der Waals surface area contributed by atoms with Crippen molar-refractivity contribution in [3.63, 3.8) is 0 Å². The molecule has 1 N–H and O–H groups in total. The molecule has 1 amide bonds. The highest BCUT2D eigenvalue weighted by Gasteiger charge is 2.11. The van der Waals surface area contributed by atoms with Gasteiger partial charge in [0, 0.05) is 25.8 Å². The number of carbonyl (C=O) groups is 1. The zero-order valence-electron chi connectivity index (χ0n) is 12.0. The summed E-state index contributed by atoms with van der Waals surface area (Å²) in [6.07, 6.45) is 3.66. The topological polar surface area (TPSA) is 54.3 Å². The molecule has 1 aromatic heterocycles. The Labute approximate surface area is 114 Å². The zero-order chi connectivity index (χ0) is 14.3. The van der Waals surface area contributed by atoms with Gasteiger partial charge in [-0.3, -0.25) is 9.59 Å². The second-order valence-electron chi connectivity index (χ2n) is 4.83. The first-order valence-corrected chi connectivity index (χ1v) is 6.68. The van der Waals surface area contributed by atoms with Crippen LogP contribution in [-0.4, -0.2) is 42.6 Å². The van der Waals surface area contributed by atoms with E-state index in [1.54, 1.807) is 22.9 Å². The highest BCUT2D eigenvalue weighted by atomic mass is 16.2. The lowest BCUT2D eigenvalue weighted by molar-refractivity contribution is 0.0951. The van der Waals surface area contributed by atoms with Crippen molar-refractivity contribution in [3.8, 4) is 0 Å². The summed E-state index contributed by atoms with van der Waals surface area (Å²) < 4.78 is 1.58. The van der Waals surface area contributed by atoms with Crippen LogP contribution in [-0.2, 0) is 6.54 Å². The smallest absolute Gasteiger partial charge is 0.263 e. The average molecular weight is 265 g/mol. The van der Waals surface area contributed by atoms with E-state index in [-0.39, 0.29) is 17.0 Å². The van der Waals surface area contributed by atoms with E-state index in [1.807, 2.05) is 19.0 Å². The van der Waals surface area contributed by atoms with Crippen molar-refractivity contribution < 1.29 is 4.79 Å². The molecule has 0 atom stereocenters. The molecule has 0 unspecified atom stereocenters. The van der Waals surface area contributed by atoms with E-state index >= 15 is 0 Å². The predicted molar refractivity (Wildman–Crippen MR) is 76.5 cm³/mol. The molecule has 0 bridgehead atoms. The highest BCUT2D eigenvalue weighted by molar-refractivity contribution is 5.93. The molecule has 0 aliphatic rings. The number of unbranched alkanes of at least 4 members (excludes halogenated alkanes) is 1. The second-order valence-corrected chi connectivity index (χ2v) is 4.83. The van der Waals surface area contributed by atoms with Gasteiger partial charge < -0.3 is 14.8 Å². The van der Waals surface area contributed by atoms with Crippen LogP contribution in [0.3, 0.4) is 0 Å². The first-order valence-electron chi connectivity index (χ1n) is 6.68. The molecule has 0 saturated carbocycles. The molecule has 0 saturated heterocycles. The van der Waals surface area contributed by atoms with Gasteiger partial charge in [0.25, 0.3) is 11.5 Å². The van der Waals surface area contributed by atoms with Crippen LogP contribution in [0.5, 0.6) is 0 Å². The summed E-state index contributed by atoms with van der Waals surface area (Å²) in [6.45, 7) is 4.02. The maximum Gasteiger partial charge on any atom is 0.263 e. The highest BCUT2D eigenvalue weighted by Crippen LogP contribution is 1.94. The number of amides is 1. The zero-order valence-corrected chi connectivity index (χ0v) is 12.0. The third kappa shape index (κ3) is 4.87. The Bertz CT molecular complexity index is 466. The molecule has 0 aliphatic heterocycles. The standard InChI is InChI=1S/C14H23N3O2/c1-4-5-8-15-13(18)12-7-6-9-17(14(12)19)11-10-16(2)3/h6-7,9H,4-5,8,10-11H2,1-3H3,(H,15,18). The number of likely N-dealkylation sites (N-methyl/N-ethyl adjacent to an activating group) is 1. The van der Waals surface area contributed by atoms with E-state index in [0.717, 1.165) is 19.4 Å². The Kier molecular flexibility index (Phi) is 6.29. The third-order valence-corrected chi connectivity index (χ3v) is 2.87. The number of nitrogens with zero attached hydrogens (tertiary/aromatic N) is 2. The van der Waals surface area contributed by atoms with Crippen LogP contribution in [0.1, 0.15) is 30.1 Å². The van der Waals surface area contributed by atoms with Crippen molar-refractivity contribution in [2.75, 3.05) is 27.2 Å². The van der Waals surface area contributed by atoms with Crippen molar-refractivity contribution in [2.24, 2.45) is 0 Å². The van der Waals surface area contributed by atoms with Gasteiger partial charge in [0.05, 0.1) is 0 Å². The van der Waals surface area contributed by atoms with Crippen LogP contribution in [0.15, 0.2) is 23.1 Å². The Morgan fingerprint density at radius 2 is 2.16 bits per heavy atom. The maximum absolute atomic E-state index is 12.1. The first-order chi connectivity index (χ1) is 9.06. The number of pyridine rings is 1. The molecule has 5 heteroatoms. The van der Waals surface area contributed by atoms with Crippen molar-refractivity contribution in [1.82, 2.24) is 14.8 Å². The summed E-state index contributed by atoms with van der Waals surface area (Å²) in [5.41, 5.74) is -0.00397. The largest absolute Gasteiger partial charge is 0.352 e. The van der Waals surface area contributed by atoms with Crippen LogP contribution < -0.4 is 10.9 Å². The van der Waals surface area contributed by atoms with Crippen LogP contribution in [0.4, 0.5) is 0 Å². The van der Waals surface area contributed by atoms with Gasteiger partial charge in [0.15, 0.2) is 0 Å². The molecule has 0 spiro atoms. The monoisotopic (exact) mass is 265 g/mol. The average Bonchev–Trinajstić information content (AvgIpc) is 2.37. The van der Waals surface area contributed by atoms with E-state index < -0.39 is 0 Å². The van der Waals surface area contributed by atoms with Gasteiger partial charge in [-0.2, -0.15) is 0 Å². The second kappa shape index (κ2) is 7.74. The molecular formula is C14H23N3O2. The number of hydrogen-bond acceptors (Lipinski definition) is 3. The molecule has 19 heavy (non-hydrogen) atoms. The van der Waals surface area contributed by atoms with E-state index in [0.29, 0.717) is 13.1 Å². The van der Waals surface area contributed by atoms with Crippen molar-refractivity contribution in [3.05, 3.63) is 34.2 Å². The van der Waals surface area contributed by atoms with E-state index in [4.69, 9.17) is 0 Å². The lowest BCUT2D eigenvalue weighted by Crippen LogP contribution is -2.34. The summed E-state index contributed by atoms with van der Waals surface area (Å²) in [6, 6.07) is 3.32. The van der Waals surface area contributed by atoms with Crippen molar-refractivity contribution in [1.29, 1.82) is 0 Å². The SMILES string of the molecule is CCCCNC(=O)c1cccn(CCN(C)C)c1=O. The van der Waals surface area contributed by atoms with E-state index in [9.17, 15) is 9.59 Å². The number of carbonyl (C=O) groups excluding carboxylic acids is 1. The van der Waals surface area contributed by atoms with E-state index in [1.165, 1.54) is 0 Å². The van der Waals surface area contributed by atoms with Gasteiger partial charge in [0.1, 0.15) is 5.56 Å². The summed E-state index contributed by atoms with van der Waals surface area (Å²) in [7, 11) is 3.90. The fourth-order valence-electron chi connectivity index (χ4n) is 1.67. The molecule has 1 aromatic rings. The Hall–Kier alpha value is -1.62. The summed E-state index contributed by atoms with van der Waals surface area (Å²) in [4.78, 5) is 26.0. The lowest BCUT2D eigenvalue weighted by Gasteiger charge is -2.12. The molecule has 1 rings (SSSR count). The minimum Gasteiger partial charge on any atom is -0.352 e. The Morgan fingerprint density at radius 3 is 2.79 bits per heavy atom. The number of rotatable bonds is 7. The number of hydrogen-bond donors (Lipinski definition) is 1. The summed E-state index contributed by atoms with van der Waals surface area (Å²) in [5.74, 6) is -0.280. The number of nitrogens with one attached hydrogen (secondary N) is 1. The molecule has 5 nitrogen and oxygen atoms in total. The van der Waals surface area contributed by atoms with Crippen molar-refractivity contribution >= 4 is 5.91 Å². The molecule has 0 radical (unpaired) electrons. The number of aromatic nitrogens is 1. The summed E-state index contributed by atoms with van der Waals surface area (Å²) >= 11 is 0. The van der Waals surface area contributed by atoms with Crippen molar-refractivity contribution in [2.45, 2.75) is 26.3 Å². The predicted octanol–water partition coefficient (Wildman–Crippen LogP) is 0.940. The minimum atomic E-state index is -0.280. The quantitative estimate of drug-likeness (QED) is 0.747. The Balaban J connectivity index is 2.76. The van der Waals surface area contributed by atoms with Gasteiger partial charge >= 0.3 is 0 Å². The molecule has 0 fully saturated rings. The Morgan fingerprint density at radius 1 is 1.42 bits per heavy atom. The van der Waals surface area contributed by atoms with Gasteiger partial charge in [-0.15, -0.1) is 0 Å². The maximum atomic E-state index is 12.1. The summed E-state index contributed by atoms with van der Waals surface area (Å²) in [5, 5.41) is 2.77. The third-order valence-electron chi connectivity index (χ3n) is 2.87. The van der Waals surface area contributed by atoms with Gasteiger partial charge in [-0.05, 0) is 32.6 Å². The fourth-order valence-corrected chi connectivity index (χ4v) is 1.67. The molecule has 106 valence electrons. The minimum absolute atomic E-state index is 0.220. The van der Waals surface area contributed by atoms with Gasteiger partial charge in [-0.25, -0.2) is 0 Å². The molecule has 1 heterocycles. The normalized spacial score (nSPS) is 10.7. The first kappa shape index (κ1) is 15.4. The fraction of sp³-hybridized carbons (Fsp3) is 0.571. The van der Waals surface area contributed by atoms with Crippen LogP contribution in [0, 0.1) is 0 Å². The molecule has 0 aromatic carbocycles. The van der Waals surface area contributed by atoms with E-state index in [2.05, 4.69) is 12.2 Å². The molecular weight excluding hydrogens is 242 g/mol. The van der Waals surface area contributed by atoms with Crippen LogP contribution >= 0.6 is 0 Å². The van der Waals surface area contributed by atoms with Gasteiger partial charge in [0.2, 0.25) is 0 Å². The van der Waals surface area contributed by atoms with Gasteiger partial charge in [-0.1, -0.05) is 13.3 Å². The van der Waals surface area contributed by atoms with Crippen LogP contribution in [0.2, 0.25) is 0 Å². The molecule has 0 aliphatic carbocycles.